The largest absolute Gasteiger partial charge is 0.493 e. The van der Waals surface area contributed by atoms with Crippen molar-refractivity contribution in [2.75, 3.05) is 26.3 Å². The van der Waals surface area contributed by atoms with Crippen molar-refractivity contribution in [2.24, 2.45) is 5.92 Å². The van der Waals surface area contributed by atoms with E-state index in [9.17, 15) is 9.90 Å². The molecule has 1 aromatic carbocycles. The summed E-state index contributed by atoms with van der Waals surface area (Å²) in [5.74, 6) is 1.93. The molecule has 2 fully saturated rings. The van der Waals surface area contributed by atoms with Crippen molar-refractivity contribution in [3.8, 4) is 5.75 Å². The van der Waals surface area contributed by atoms with Crippen molar-refractivity contribution in [2.45, 2.75) is 31.6 Å². The van der Waals surface area contributed by atoms with Gasteiger partial charge in [-0.15, -0.1) is 0 Å². The van der Waals surface area contributed by atoms with Crippen molar-refractivity contribution >= 4 is 5.91 Å². The number of rotatable bonds is 6. The lowest BCUT2D eigenvalue weighted by molar-refractivity contribution is 0.0777. The van der Waals surface area contributed by atoms with E-state index in [2.05, 4.69) is 10.1 Å². The van der Waals surface area contributed by atoms with E-state index < -0.39 is 0 Å². The van der Waals surface area contributed by atoms with Gasteiger partial charge in [0.2, 0.25) is 5.89 Å². The number of para-hydroxylation sites is 1. The lowest BCUT2D eigenvalue weighted by atomic mass is 9.97. The third-order valence-corrected chi connectivity index (χ3v) is 5.10. The van der Waals surface area contributed by atoms with Crippen molar-refractivity contribution in [1.82, 2.24) is 15.0 Å². The van der Waals surface area contributed by atoms with E-state index in [4.69, 9.17) is 9.26 Å². The summed E-state index contributed by atoms with van der Waals surface area (Å²) >= 11 is 0. The molecule has 138 valence electrons. The number of likely N-dealkylation sites (tertiary alicyclic amines) is 1. The number of carbonyl (C=O) groups is 1. The van der Waals surface area contributed by atoms with Crippen LogP contribution in [-0.2, 0) is 0 Å². The van der Waals surface area contributed by atoms with Crippen molar-refractivity contribution in [3.63, 3.8) is 0 Å². The average molecular weight is 357 g/mol. The molecule has 1 aromatic heterocycles. The van der Waals surface area contributed by atoms with Gasteiger partial charge >= 0.3 is 0 Å². The molecule has 1 saturated carbocycles. The molecule has 2 aromatic rings. The molecule has 2 heterocycles. The van der Waals surface area contributed by atoms with Crippen molar-refractivity contribution in [3.05, 3.63) is 41.5 Å². The van der Waals surface area contributed by atoms with Crippen LogP contribution >= 0.6 is 0 Å². The maximum absolute atomic E-state index is 13.0. The fourth-order valence-electron chi connectivity index (χ4n) is 3.50. The summed E-state index contributed by atoms with van der Waals surface area (Å²) < 4.78 is 11.0. The maximum Gasteiger partial charge on any atom is 0.257 e. The summed E-state index contributed by atoms with van der Waals surface area (Å²) in [5.41, 5.74) is 0.538. The molecule has 1 aliphatic heterocycles. The fraction of sp³-hybridized carbons (Fsp3) is 0.526. The third-order valence-electron chi connectivity index (χ3n) is 5.10. The van der Waals surface area contributed by atoms with E-state index >= 15 is 0 Å². The van der Waals surface area contributed by atoms with Crippen LogP contribution in [0.2, 0.25) is 0 Å². The second-order valence-electron chi connectivity index (χ2n) is 6.95. The highest BCUT2D eigenvalue weighted by Gasteiger charge is 2.40. The van der Waals surface area contributed by atoms with Crippen LogP contribution in [0.4, 0.5) is 0 Å². The zero-order chi connectivity index (χ0) is 18.1. The standard InChI is InChI=1S/C19H23N3O4/c1-2-25-16-6-4-3-5-14(16)19(24)22-9-13(11-23)15(10-22)18-20-17(21-26-18)12-7-8-12/h3-6,12-13,15,23H,2,7-11H2,1H3/t13-,15+/m0/s1. The minimum atomic E-state index is -0.136. The number of aliphatic hydroxyl groups excluding tert-OH is 1. The highest BCUT2D eigenvalue weighted by atomic mass is 16.5. The van der Waals surface area contributed by atoms with E-state index in [1.54, 1.807) is 17.0 Å². The van der Waals surface area contributed by atoms with Crippen LogP contribution in [-0.4, -0.2) is 52.4 Å². The van der Waals surface area contributed by atoms with Gasteiger partial charge in [-0.1, -0.05) is 17.3 Å². The molecule has 1 aliphatic carbocycles. The Morgan fingerprint density at radius 1 is 1.35 bits per heavy atom. The molecule has 7 nitrogen and oxygen atoms in total. The highest BCUT2D eigenvalue weighted by Crippen LogP contribution is 2.40. The first-order valence-electron chi connectivity index (χ1n) is 9.16. The molecule has 7 heteroatoms. The highest BCUT2D eigenvalue weighted by molar-refractivity contribution is 5.97. The van der Waals surface area contributed by atoms with Crippen LogP contribution in [0, 0.1) is 5.92 Å². The lowest BCUT2D eigenvalue weighted by Gasteiger charge is -2.18. The topological polar surface area (TPSA) is 88.7 Å². The van der Waals surface area contributed by atoms with Crippen LogP contribution in [0.3, 0.4) is 0 Å². The molecular weight excluding hydrogens is 334 g/mol. The summed E-state index contributed by atoms with van der Waals surface area (Å²) in [6.07, 6.45) is 2.21. The number of aromatic nitrogens is 2. The van der Waals surface area contributed by atoms with Gasteiger partial charge in [0, 0.05) is 31.5 Å². The molecule has 2 aliphatic rings. The van der Waals surface area contributed by atoms with Gasteiger partial charge in [0.05, 0.1) is 18.1 Å². The summed E-state index contributed by atoms with van der Waals surface area (Å²) in [7, 11) is 0. The first kappa shape index (κ1) is 17.0. The molecular formula is C19H23N3O4. The SMILES string of the molecule is CCOc1ccccc1C(=O)N1C[C@@H](CO)[C@H](c2nc(C3CC3)no2)C1. The molecule has 1 saturated heterocycles. The molecule has 0 unspecified atom stereocenters. The van der Waals surface area contributed by atoms with E-state index in [-0.39, 0.29) is 24.3 Å². The monoisotopic (exact) mass is 357 g/mol. The Balaban J connectivity index is 1.53. The smallest absolute Gasteiger partial charge is 0.257 e. The minimum absolute atomic E-state index is 0.0251. The van der Waals surface area contributed by atoms with Crippen LogP contribution in [0.5, 0.6) is 5.75 Å². The lowest BCUT2D eigenvalue weighted by Crippen LogP contribution is -2.29. The Labute approximate surface area is 152 Å². The molecule has 0 spiro atoms. The molecule has 1 amide bonds. The minimum Gasteiger partial charge on any atom is -0.493 e. The molecule has 26 heavy (non-hydrogen) atoms. The normalized spacial score (nSPS) is 22.6. The fourth-order valence-corrected chi connectivity index (χ4v) is 3.50. The van der Waals surface area contributed by atoms with Gasteiger partial charge in [0.15, 0.2) is 5.82 Å². The molecule has 1 N–H and O–H groups in total. The average Bonchev–Trinajstić information content (AvgIpc) is 3.24. The number of benzene rings is 1. The summed E-state index contributed by atoms with van der Waals surface area (Å²) in [6, 6.07) is 7.25. The van der Waals surface area contributed by atoms with Gasteiger partial charge in [-0.25, -0.2) is 0 Å². The number of hydrogen-bond acceptors (Lipinski definition) is 6. The number of nitrogens with zero attached hydrogens (tertiary/aromatic N) is 3. The van der Waals surface area contributed by atoms with Gasteiger partial charge in [-0.05, 0) is 31.9 Å². The summed E-state index contributed by atoms with van der Waals surface area (Å²) in [4.78, 5) is 19.3. The quantitative estimate of drug-likeness (QED) is 0.852. The van der Waals surface area contributed by atoms with E-state index in [0.29, 0.717) is 42.8 Å². The maximum atomic E-state index is 13.0. The first-order valence-corrected chi connectivity index (χ1v) is 9.16. The number of carbonyl (C=O) groups excluding carboxylic acids is 1. The Hall–Kier alpha value is -2.41. The predicted molar refractivity (Wildman–Crippen MR) is 93.1 cm³/mol. The Bertz CT molecular complexity index is 787. The van der Waals surface area contributed by atoms with E-state index in [0.717, 1.165) is 18.7 Å². The van der Waals surface area contributed by atoms with Gasteiger partial charge in [-0.2, -0.15) is 4.98 Å². The molecule has 4 rings (SSSR count). The number of aliphatic hydroxyl groups is 1. The number of hydrogen-bond donors (Lipinski definition) is 1. The van der Waals surface area contributed by atoms with Crippen LogP contribution in [0.15, 0.2) is 28.8 Å². The summed E-state index contributed by atoms with van der Waals surface area (Å²) in [5, 5.41) is 13.8. The zero-order valence-corrected chi connectivity index (χ0v) is 14.8. The van der Waals surface area contributed by atoms with E-state index in [1.807, 2.05) is 19.1 Å². The molecule has 2 atom stereocenters. The number of ether oxygens (including phenoxy) is 1. The van der Waals surface area contributed by atoms with Gasteiger partial charge in [0.1, 0.15) is 5.75 Å². The molecule has 0 radical (unpaired) electrons. The van der Waals surface area contributed by atoms with Crippen molar-refractivity contribution in [1.29, 1.82) is 0 Å². The zero-order valence-electron chi connectivity index (χ0n) is 14.8. The van der Waals surface area contributed by atoms with Gasteiger partial charge in [0.25, 0.3) is 5.91 Å². The predicted octanol–water partition coefficient (Wildman–Crippen LogP) is 2.19. The second-order valence-corrected chi connectivity index (χ2v) is 6.95. The van der Waals surface area contributed by atoms with Crippen LogP contribution in [0.25, 0.3) is 0 Å². The first-order chi connectivity index (χ1) is 12.7. The Kier molecular flexibility index (Phi) is 4.63. The van der Waals surface area contributed by atoms with E-state index in [1.165, 1.54) is 0 Å². The second kappa shape index (κ2) is 7.07. The Morgan fingerprint density at radius 3 is 2.88 bits per heavy atom. The Morgan fingerprint density at radius 2 is 2.15 bits per heavy atom. The third kappa shape index (κ3) is 3.19. The van der Waals surface area contributed by atoms with Gasteiger partial charge < -0.3 is 19.3 Å². The van der Waals surface area contributed by atoms with Crippen LogP contribution < -0.4 is 4.74 Å². The number of amides is 1. The van der Waals surface area contributed by atoms with Crippen molar-refractivity contribution < 1.29 is 19.2 Å². The van der Waals surface area contributed by atoms with Gasteiger partial charge in [-0.3, -0.25) is 4.79 Å². The summed E-state index contributed by atoms with van der Waals surface area (Å²) in [6.45, 7) is 3.28. The van der Waals surface area contributed by atoms with Crippen LogP contribution in [0.1, 0.15) is 53.7 Å². The molecule has 0 bridgehead atoms.